The summed E-state index contributed by atoms with van der Waals surface area (Å²) in [4.78, 5) is 12.0. The molecule has 0 spiro atoms. The lowest BCUT2D eigenvalue weighted by Crippen LogP contribution is -2.25. The van der Waals surface area contributed by atoms with Crippen LogP contribution in [0.4, 0.5) is 4.39 Å². The minimum absolute atomic E-state index is 0.157. The van der Waals surface area contributed by atoms with Gasteiger partial charge in [0.1, 0.15) is 11.6 Å². The van der Waals surface area contributed by atoms with Crippen LogP contribution in [0.5, 0.6) is 0 Å². The molecule has 8 heteroatoms. The summed E-state index contributed by atoms with van der Waals surface area (Å²) in [5.74, 6) is 1.08. The number of aryl methyl sites for hydroxylation is 1. The van der Waals surface area contributed by atoms with E-state index in [0.717, 1.165) is 11.3 Å². The third-order valence-electron chi connectivity index (χ3n) is 3.70. The van der Waals surface area contributed by atoms with Crippen molar-refractivity contribution in [2.75, 3.05) is 5.75 Å². The number of carbonyl (C=O) groups excluding carboxylic acids is 1. The van der Waals surface area contributed by atoms with E-state index in [-0.39, 0.29) is 24.0 Å². The standard InChI is InChI=1S/C17H17FN4O2S/c1-11-13(7-8-24-11)16-20-21-17(22(16)2)25-10-15(23)19-9-12-5-3-4-6-14(12)18/h3-8H,9-10H2,1-2H3,(H,19,23). The zero-order valence-electron chi connectivity index (χ0n) is 13.8. The van der Waals surface area contributed by atoms with Gasteiger partial charge >= 0.3 is 0 Å². The van der Waals surface area contributed by atoms with Crippen LogP contribution in [-0.2, 0) is 18.4 Å². The molecule has 1 amide bonds. The van der Waals surface area contributed by atoms with Gasteiger partial charge in [-0.3, -0.25) is 4.79 Å². The van der Waals surface area contributed by atoms with Crippen LogP contribution in [0.15, 0.2) is 46.2 Å². The van der Waals surface area contributed by atoms with E-state index in [1.54, 1.807) is 24.5 Å². The van der Waals surface area contributed by atoms with Crippen LogP contribution in [0.25, 0.3) is 11.4 Å². The summed E-state index contributed by atoms with van der Waals surface area (Å²) in [6.07, 6.45) is 1.60. The number of hydrogen-bond donors (Lipinski definition) is 1. The van der Waals surface area contributed by atoms with E-state index in [4.69, 9.17) is 4.42 Å². The summed E-state index contributed by atoms with van der Waals surface area (Å²) in [7, 11) is 1.83. The van der Waals surface area contributed by atoms with Gasteiger partial charge in [0.2, 0.25) is 5.91 Å². The van der Waals surface area contributed by atoms with Gasteiger partial charge in [-0.2, -0.15) is 0 Å². The van der Waals surface area contributed by atoms with Crippen molar-refractivity contribution in [3.63, 3.8) is 0 Å². The third kappa shape index (κ3) is 3.90. The quantitative estimate of drug-likeness (QED) is 0.684. The number of hydrogen-bond acceptors (Lipinski definition) is 5. The first-order valence-electron chi connectivity index (χ1n) is 7.63. The number of furan rings is 1. The molecule has 3 aromatic rings. The Morgan fingerprint density at radius 1 is 1.32 bits per heavy atom. The first-order chi connectivity index (χ1) is 12.1. The fraction of sp³-hybridized carbons (Fsp3) is 0.235. The van der Waals surface area contributed by atoms with Gasteiger partial charge in [0.15, 0.2) is 11.0 Å². The van der Waals surface area contributed by atoms with Gasteiger partial charge < -0.3 is 14.3 Å². The lowest BCUT2D eigenvalue weighted by Gasteiger charge is -2.06. The van der Waals surface area contributed by atoms with Crippen molar-refractivity contribution >= 4 is 17.7 Å². The molecule has 0 aliphatic carbocycles. The Kier molecular flexibility index (Phi) is 5.18. The van der Waals surface area contributed by atoms with E-state index in [9.17, 15) is 9.18 Å². The molecule has 25 heavy (non-hydrogen) atoms. The van der Waals surface area contributed by atoms with Crippen molar-refractivity contribution in [3.8, 4) is 11.4 Å². The van der Waals surface area contributed by atoms with Gasteiger partial charge in [0.25, 0.3) is 0 Å². The molecule has 130 valence electrons. The van der Waals surface area contributed by atoms with Gasteiger partial charge in [0, 0.05) is 19.2 Å². The highest BCUT2D eigenvalue weighted by Gasteiger charge is 2.15. The number of benzene rings is 1. The van der Waals surface area contributed by atoms with E-state index in [0.29, 0.717) is 16.5 Å². The van der Waals surface area contributed by atoms with Crippen molar-refractivity contribution < 1.29 is 13.6 Å². The van der Waals surface area contributed by atoms with Crippen LogP contribution >= 0.6 is 11.8 Å². The fourth-order valence-electron chi connectivity index (χ4n) is 2.31. The fourth-order valence-corrected chi connectivity index (χ4v) is 3.05. The van der Waals surface area contributed by atoms with Crippen LogP contribution in [0.3, 0.4) is 0 Å². The molecule has 0 aliphatic heterocycles. The molecular weight excluding hydrogens is 343 g/mol. The predicted molar refractivity (Wildman–Crippen MR) is 92.4 cm³/mol. The zero-order chi connectivity index (χ0) is 17.8. The van der Waals surface area contributed by atoms with Gasteiger partial charge in [-0.05, 0) is 19.1 Å². The zero-order valence-corrected chi connectivity index (χ0v) is 14.6. The first-order valence-corrected chi connectivity index (χ1v) is 8.61. The Morgan fingerprint density at radius 2 is 2.12 bits per heavy atom. The Hall–Kier alpha value is -2.61. The summed E-state index contributed by atoms with van der Waals surface area (Å²) in [6, 6.07) is 8.19. The molecule has 0 saturated carbocycles. The van der Waals surface area contributed by atoms with E-state index in [2.05, 4.69) is 15.5 Å². The average molecular weight is 360 g/mol. The van der Waals surface area contributed by atoms with Crippen molar-refractivity contribution in [1.29, 1.82) is 0 Å². The Labute approximate surface area is 148 Å². The molecule has 1 aromatic carbocycles. The number of halogens is 1. The molecule has 0 fully saturated rings. The van der Waals surface area contributed by atoms with Crippen LogP contribution < -0.4 is 5.32 Å². The number of carbonyl (C=O) groups is 1. The minimum atomic E-state index is -0.330. The second-order valence-corrected chi connectivity index (χ2v) is 6.35. The van der Waals surface area contributed by atoms with Gasteiger partial charge in [-0.25, -0.2) is 4.39 Å². The SMILES string of the molecule is Cc1occc1-c1nnc(SCC(=O)NCc2ccccc2F)n1C. The van der Waals surface area contributed by atoms with Gasteiger partial charge in [0.05, 0.1) is 17.6 Å². The van der Waals surface area contributed by atoms with Crippen LogP contribution in [0.2, 0.25) is 0 Å². The largest absolute Gasteiger partial charge is 0.469 e. The highest BCUT2D eigenvalue weighted by Crippen LogP contribution is 2.25. The average Bonchev–Trinajstić information content (AvgIpc) is 3.17. The van der Waals surface area contributed by atoms with Crippen molar-refractivity contribution in [3.05, 3.63) is 53.7 Å². The second-order valence-electron chi connectivity index (χ2n) is 5.41. The molecule has 0 radical (unpaired) electrons. The maximum Gasteiger partial charge on any atom is 0.230 e. The summed E-state index contributed by atoms with van der Waals surface area (Å²) < 4.78 is 20.6. The molecule has 1 N–H and O–H groups in total. The Balaban J connectivity index is 1.57. The number of nitrogens with zero attached hydrogens (tertiary/aromatic N) is 3. The van der Waals surface area contributed by atoms with Crippen molar-refractivity contribution in [1.82, 2.24) is 20.1 Å². The van der Waals surface area contributed by atoms with Crippen molar-refractivity contribution in [2.24, 2.45) is 7.05 Å². The second kappa shape index (κ2) is 7.52. The molecule has 0 atom stereocenters. The lowest BCUT2D eigenvalue weighted by atomic mass is 10.2. The van der Waals surface area contributed by atoms with Crippen LogP contribution in [0.1, 0.15) is 11.3 Å². The normalized spacial score (nSPS) is 10.8. The van der Waals surface area contributed by atoms with Crippen LogP contribution in [0, 0.1) is 12.7 Å². The summed E-state index contributed by atoms with van der Waals surface area (Å²) in [5, 5.41) is 11.6. The topological polar surface area (TPSA) is 72.9 Å². The molecule has 2 aromatic heterocycles. The smallest absolute Gasteiger partial charge is 0.230 e. The third-order valence-corrected chi connectivity index (χ3v) is 4.72. The molecule has 0 bridgehead atoms. The molecule has 0 aliphatic rings. The predicted octanol–water partition coefficient (Wildman–Crippen LogP) is 2.93. The maximum absolute atomic E-state index is 13.5. The molecular formula is C17H17FN4O2S. The number of nitrogens with one attached hydrogen (secondary N) is 1. The summed E-state index contributed by atoms with van der Waals surface area (Å²) in [6.45, 7) is 2.01. The lowest BCUT2D eigenvalue weighted by molar-refractivity contribution is -0.118. The number of rotatable bonds is 6. The van der Waals surface area contributed by atoms with Gasteiger partial charge in [-0.15, -0.1) is 10.2 Å². The van der Waals surface area contributed by atoms with E-state index < -0.39 is 0 Å². The first kappa shape index (κ1) is 17.2. The minimum Gasteiger partial charge on any atom is -0.469 e. The van der Waals surface area contributed by atoms with Crippen LogP contribution in [-0.4, -0.2) is 26.4 Å². The molecule has 0 unspecified atom stereocenters. The van der Waals surface area contributed by atoms with E-state index >= 15 is 0 Å². The molecule has 6 nitrogen and oxygen atoms in total. The van der Waals surface area contributed by atoms with Crippen molar-refractivity contribution in [2.45, 2.75) is 18.6 Å². The highest BCUT2D eigenvalue weighted by atomic mass is 32.2. The molecule has 3 rings (SSSR count). The molecule has 0 saturated heterocycles. The number of thioether (sulfide) groups is 1. The Morgan fingerprint density at radius 3 is 2.84 bits per heavy atom. The highest BCUT2D eigenvalue weighted by molar-refractivity contribution is 7.99. The number of amides is 1. The van der Waals surface area contributed by atoms with E-state index in [1.165, 1.54) is 17.8 Å². The Bertz CT molecular complexity index is 890. The maximum atomic E-state index is 13.5. The number of aromatic nitrogens is 3. The summed E-state index contributed by atoms with van der Waals surface area (Å²) in [5.41, 5.74) is 1.32. The molecule has 2 heterocycles. The summed E-state index contributed by atoms with van der Waals surface area (Å²) >= 11 is 1.27. The van der Waals surface area contributed by atoms with E-state index in [1.807, 2.05) is 24.6 Å². The van der Waals surface area contributed by atoms with Gasteiger partial charge in [-0.1, -0.05) is 30.0 Å². The monoisotopic (exact) mass is 360 g/mol.